The summed E-state index contributed by atoms with van der Waals surface area (Å²) in [5.74, 6) is -0.429. The second kappa shape index (κ2) is 4.50. The van der Waals surface area contributed by atoms with Gasteiger partial charge in [-0.3, -0.25) is 14.8 Å². The van der Waals surface area contributed by atoms with E-state index < -0.39 is 5.97 Å². The van der Waals surface area contributed by atoms with Crippen LogP contribution in [0.1, 0.15) is 17.0 Å². The van der Waals surface area contributed by atoms with Gasteiger partial charge in [0, 0.05) is 13.0 Å². The van der Waals surface area contributed by atoms with E-state index >= 15 is 0 Å². The summed E-state index contributed by atoms with van der Waals surface area (Å²) in [4.78, 5) is 28.1. The highest BCUT2D eigenvalue weighted by atomic mass is 16.5. The maximum atomic E-state index is 11.7. The van der Waals surface area contributed by atoms with E-state index in [0.717, 1.165) is 0 Å². The smallest absolute Gasteiger partial charge is 0.375 e. The van der Waals surface area contributed by atoms with Gasteiger partial charge in [-0.05, 0) is 12.5 Å². The molecule has 8 heteroatoms. The molecule has 1 aromatic heterocycles. The van der Waals surface area contributed by atoms with Crippen LogP contribution < -0.4 is 10.6 Å². The number of esters is 1. The first-order valence-corrected chi connectivity index (χ1v) is 5.17. The Hall–Kier alpha value is -1.96. The van der Waals surface area contributed by atoms with Crippen molar-refractivity contribution in [3.63, 3.8) is 0 Å². The first-order chi connectivity index (χ1) is 8.15. The third-order valence-corrected chi connectivity index (χ3v) is 2.63. The highest BCUT2D eigenvalue weighted by molar-refractivity contribution is 5.94. The predicted molar refractivity (Wildman–Crippen MR) is 57.2 cm³/mol. The first kappa shape index (κ1) is 11.5. The summed E-state index contributed by atoms with van der Waals surface area (Å²) in [6.45, 7) is 0.921. The van der Waals surface area contributed by atoms with Crippen molar-refractivity contribution < 1.29 is 14.3 Å². The van der Waals surface area contributed by atoms with Gasteiger partial charge >= 0.3 is 5.97 Å². The molecule has 8 nitrogen and oxygen atoms in total. The van der Waals surface area contributed by atoms with Crippen LogP contribution in [0.2, 0.25) is 0 Å². The van der Waals surface area contributed by atoms with Crippen molar-refractivity contribution in [1.29, 1.82) is 0 Å². The number of aromatic amines is 1. The molecule has 1 fully saturated rings. The van der Waals surface area contributed by atoms with Crippen molar-refractivity contribution in [1.82, 2.24) is 15.2 Å². The lowest BCUT2D eigenvalue weighted by molar-refractivity contribution is -0.117. The number of hydrogen-bond acceptors (Lipinski definition) is 6. The second-order valence-corrected chi connectivity index (χ2v) is 3.79. The molecule has 0 radical (unpaired) electrons. The van der Waals surface area contributed by atoms with Crippen LogP contribution in [0.3, 0.4) is 0 Å². The average molecular weight is 239 g/mol. The zero-order valence-electron chi connectivity index (χ0n) is 9.34. The number of H-pyrrole nitrogens is 1. The Bertz CT molecular complexity index is 444. The molecule has 0 aliphatic carbocycles. The summed E-state index contributed by atoms with van der Waals surface area (Å²) in [6.07, 6.45) is 0.387. The molecule has 1 aliphatic heterocycles. The topological polar surface area (TPSA) is 114 Å². The molecule has 0 saturated carbocycles. The van der Waals surface area contributed by atoms with Crippen LogP contribution in [0, 0.1) is 5.92 Å². The van der Waals surface area contributed by atoms with Crippen LogP contribution in [0.4, 0.5) is 5.95 Å². The summed E-state index contributed by atoms with van der Waals surface area (Å²) in [5.41, 5.74) is 5.51. The van der Waals surface area contributed by atoms with E-state index in [1.165, 1.54) is 12.0 Å². The summed E-state index contributed by atoms with van der Waals surface area (Å²) >= 11 is 0. The van der Waals surface area contributed by atoms with Gasteiger partial charge in [0.15, 0.2) is 0 Å². The minimum atomic E-state index is -0.620. The summed E-state index contributed by atoms with van der Waals surface area (Å²) in [7, 11) is 1.25. The number of carbonyl (C=O) groups excluding carboxylic acids is 2. The molecule has 1 unspecified atom stereocenters. The van der Waals surface area contributed by atoms with Gasteiger partial charge in [-0.25, -0.2) is 4.79 Å². The Kier molecular flexibility index (Phi) is 3.05. The van der Waals surface area contributed by atoms with Gasteiger partial charge in [-0.15, -0.1) is 5.10 Å². The first-order valence-electron chi connectivity index (χ1n) is 5.17. The molecule has 0 bridgehead atoms. The molecule has 92 valence electrons. The van der Waals surface area contributed by atoms with Gasteiger partial charge < -0.3 is 10.5 Å². The van der Waals surface area contributed by atoms with Crippen molar-refractivity contribution >= 4 is 17.8 Å². The van der Waals surface area contributed by atoms with Crippen LogP contribution in [-0.2, 0) is 9.53 Å². The minimum Gasteiger partial charge on any atom is -0.463 e. The molecule has 1 amide bonds. The van der Waals surface area contributed by atoms with Gasteiger partial charge in [-0.1, -0.05) is 0 Å². The molecule has 0 aromatic carbocycles. The molecular weight excluding hydrogens is 226 g/mol. The van der Waals surface area contributed by atoms with Crippen LogP contribution in [0.25, 0.3) is 0 Å². The highest BCUT2D eigenvalue weighted by Crippen LogP contribution is 2.21. The maximum Gasteiger partial charge on any atom is 0.375 e. The lowest BCUT2D eigenvalue weighted by Gasteiger charge is -2.10. The third kappa shape index (κ3) is 2.11. The van der Waals surface area contributed by atoms with E-state index in [4.69, 9.17) is 5.73 Å². The molecule has 2 heterocycles. The minimum absolute atomic E-state index is 0.0218. The molecule has 3 N–H and O–H groups in total. The number of hydrogen-bond donors (Lipinski definition) is 2. The fourth-order valence-electron chi connectivity index (χ4n) is 1.69. The molecule has 1 aromatic rings. The number of amides is 1. The van der Waals surface area contributed by atoms with Crippen molar-refractivity contribution in [2.75, 3.05) is 25.1 Å². The SMILES string of the molecule is COC(=O)c1nc(N2CC(CN)CC2=O)n[nH]1. The van der Waals surface area contributed by atoms with E-state index in [9.17, 15) is 9.59 Å². The Morgan fingerprint density at radius 2 is 2.47 bits per heavy atom. The number of nitrogens with zero attached hydrogens (tertiary/aromatic N) is 3. The Labute approximate surface area is 97.1 Å². The molecule has 2 rings (SSSR count). The lowest BCUT2D eigenvalue weighted by Crippen LogP contribution is -2.26. The standard InChI is InChI=1S/C9H13N5O3/c1-17-8(16)7-11-9(13-12-7)14-4-5(3-10)2-6(14)15/h5H,2-4,10H2,1H3,(H,11,12,13). The van der Waals surface area contributed by atoms with Crippen molar-refractivity contribution in [2.24, 2.45) is 11.7 Å². The monoisotopic (exact) mass is 239 g/mol. The van der Waals surface area contributed by atoms with Crippen molar-refractivity contribution in [2.45, 2.75) is 6.42 Å². The molecule has 1 atom stereocenters. The Balaban J connectivity index is 2.15. The van der Waals surface area contributed by atoms with Gasteiger partial charge in [0.2, 0.25) is 11.7 Å². The van der Waals surface area contributed by atoms with E-state index in [1.807, 2.05) is 0 Å². The Morgan fingerprint density at radius 3 is 3.06 bits per heavy atom. The number of ether oxygens (including phenoxy) is 1. The van der Waals surface area contributed by atoms with Gasteiger partial charge in [0.1, 0.15) is 0 Å². The van der Waals surface area contributed by atoms with Crippen LogP contribution in [0.5, 0.6) is 0 Å². The average Bonchev–Trinajstić information content (AvgIpc) is 2.94. The number of nitrogens with two attached hydrogens (primary N) is 1. The van der Waals surface area contributed by atoms with Crippen LogP contribution >= 0.6 is 0 Å². The maximum absolute atomic E-state index is 11.7. The predicted octanol–water partition coefficient (Wildman–Crippen LogP) is -1.10. The fraction of sp³-hybridized carbons (Fsp3) is 0.556. The van der Waals surface area contributed by atoms with Crippen LogP contribution in [-0.4, -0.2) is 47.3 Å². The summed E-state index contributed by atoms with van der Waals surface area (Å²) in [6, 6.07) is 0. The van der Waals surface area contributed by atoms with E-state index in [0.29, 0.717) is 19.5 Å². The number of rotatable bonds is 3. The highest BCUT2D eigenvalue weighted by Gasteiger charge is 2.32. The quantitative estimate of drug-likeness (QED) is 0.647. The molecule has 17 heavy (non-hydrogen) atoms. The molecule has 0 spiro atoms. The van der Waals surface area contributed by atoms with Gasteiger partial charge in [0.25, 0.3) is 5.95 Å². The van der Waals surface area contributed by atoms with E-state index in [2.05, 4.69) is 19.9 Å². The van der Waals surface area contributed by atoms with Gasteiger partial charge in [-0.2, -0.15) is 4.98 Å². The summed E-state index contributed by atoms with van der Waals surface area (Å²) in [5, 5.41) is 6.24. The van der Waals surface area contributed by atoms with Gasteiger partial charge in [0.05, 0.1) is 7.11 Å². The second-order valence-electron chi connectivity index (χ2n) is 3.79. The number of carbonyl (C=O) groups is 2. The molecule has 1 saturated heterocycles. The zero-order chi connectivity index (χ0) is 12.4. The Morgan fingerprint density at radius 1 is 1.71 bits per heavy atom. The number of anilines is 1. The number of methoxy groups -OCH3 is 1. The number of aromatic nitrogens is 3. The fourth-order valence-corrected chi connectivity index (χ4v) is 1.69. The van der Waals surface area contributed by atoms with Crippen LogP contribution in [0.15, 0.2) is 0 Å². The van der Waals surface area contributed by atoms with Crippen molar-refractivity contribution in [3.05, 3.63) is 5.82 Å². The zero-order valence-corrected chi connectivity index (χ0v) is 9.34. The molecular formula is C9H13N5O3. The summed E-state index contributed by atoms with van der Waals surface area (Å²) < 4.78 is 4.49. The van der Waals surface area contributed by atoms with E-state index in [1.54, 1.807) is 0 Å². The van der Waals surface area contributed by atoms with E-state index in [-0.39, 0.29) is 23.6 Å². The van der Waals surface area contributed by atoms with Crippen molar-refractivity contribution in [3.8, 4) is 0 Å². The normalized spacial score (nSPS) is 19.8. The number of nitrogens with one attached hydrogen (secondary N) is 1. The molecule has 1 aliphatic rings. The largest absolute Gasteiger partial charge is 0.463 e. The lowest BCUT2D eigenvalue weighted by atomic mass is 10.1. The third-order valence-electron chi connectivity index (χ3n) is 2.63.